The van der Waals surface area contributed by atoms with Crippen LogP contribution in [-0.2, 0) is 0 Å². The molecule has 224 valence electrons. The minimum absolute atomic E-state index is 0.154. The number of hydrogen-bond acceptors (Lipinski definition) is 5. The second-order valence-electron chi connectivity index (χ2n) is 12.4. The van der Waals surface area contributed by atoms with Crippen LogP contribution in [0.3, 0.4) is 0 Å². The maximum atomic E-state index is 6.23. The Morgan fingerprint density at radius 2 is 1.28 bits per heavy atom. The summed E-state index contributed by atoms with van der Waals surface area (Å²) < 4.78 is 6.23. The molecular formula is C42H30N4O. The van der Waals surface area contributed by atoms with E-state index in [0.717, 1.165) is 39.3 Å². The number of hydrogen-bond donors (Lipinski definition) is 3. The molecule has 3 heterocycles. The van der Waals surface area contributed by atoms with Crippen LogP contribution in [0.15, 0.2) is 149 Å². The van der Waals surface area contributed by atoms with Crippen molar-refractivity contribution in [1.82, 2.24) is 16.0 Å². The Hall–Kier alpha value is -5.91. The van der Waals surface area contributed by atoms with Crippen molar-refractivity contribution in [3.8, 4) is 33.4 Å². The van der Waals surface area contributed by atoms with Crippen molar-refractivity contribution in [3.63, 3.8) is 0 Å². The molecule has 3 unspecified atom stereocenters. The predicted octanol–water partition coefficient (Wildman–Crippen LogP) is 9.50. The lowest BCUT2D eigenvalue weighted by molar-refractivity contribution is 0.399. The minimum atomic E-state index is -0.218. The number of rotatable bonds is 4. The number of nitrogens with one attached hydrogen (secondary N) is 3. The van der Waals surface area contributed by atoms with Crippen molar-refractivity contribution >= 4 is 33.7 Å². The van der Waals surface area contributed by atoms with Crippen molar-refractivity contribution in [2.45, 2.75) is 18.4 Å². The summed E-state index contributed by atoms with van der Waals surface area (Å²) in [5.74, 6) is 1.74. The molecule has 3 N–H and O–H groups in total. The van der Waals surface area contributed by atoms with Gasteiger partial charge in [0, 0.05) is 17.1 Å². The van der Waals surface area contributed by atoms with Gasteiger partial charge >= 0.3 is 0 Å². The minimum Gasteiger partial charge on any atom is -0.456 e. The maximum Gasteiger partial charge on any atom is 0.135 e. The highest BCUT2D eigenvalue weighted by atomic mass is 16.3. The highest BCUT2D eigenvalue weighted by Gasteiger charge is 2.33. The van der Waals surface area contributed by atoms with E-state index < -0.39 is 0 Å². The molecule has 0 saturated heterocycles. The summed E-state index contributed by atoms with van der Waals surface area (Å²) in [4.78, 5) is 5.23. The first-order valence-corrected chi connectivity index (χ1v) is 16.2. The second-order valence-corrected chi connectivity index (χ2v) is 12.4. The van der Waals surface area contributed by atoms with Gasteiger partial charge in [-0.2, -0.15) is 0 Å². The Morgan fingerprint density at radius 3 is 2.13 bits per heavy atom. The second kappa shape index (κ2) is 10.3. The van der Waals surface area contributed by atoms with Gasteiger partial charge < -0.3 is 15.1 Å². The first kappa shape index (κ1) is 26.3. The summed E-state index contributed by atoms with van der Waals surface area (Å²) in [7, 11) is 0. The van der Waals surface area contributed by atoms with Gasteiger partial charge in [0.1, 0.15) is 35.6 Å². The SMILES string of the molecule is C1=Cc2oc3ccccc3c2C(C2=NC(c3ccccc3)NC(c3ccc(-c4ccc5c6c(cccc46)-c4ccccc4-5)cc3)N2)N1. The van der Waals surface area contributed by atoms with Gasteiger partial charge in [0.25, 0.3) is 0 Å². The normalized spacial score (nSPS) is 19.1. The molecule has 0 spiro atoms. The number of benzene rings is 6. The zero-order valence-corrected chi connectivity index (χ0v) is 25.4. The lowest BCUT2D eigenvalue weighted by Crippen LogP contribution is -2.49. The average molecular weight is 607 g/mol. The Kier molecular flexibility index (Phi) is 5.77. The Bertz CT molecular complexity index is 2380. The molecule has 47 heavy (non-hydrogen) atoms. The van der Waals surface area contributed by atoms with E-state index >= 15 is 0 Å². The van der Waals surface area contributed by atoms with E-state index in [1.807, 2.05) is 30.5 Å². The molecule has 0 bridgehead atoms. The van der Waals surface area contributed by atoms with Crippen molar-refractivity contribution < 1.29 is 4.42 Å². The van der Waals surface area contributed by atoms with Crippen LogP contribution < -0.4 is 16.0 Å². The van der Waals surface area contributed by atoms with Gasteiger partial charge in [0.15, 0.2) is 0 Å². The van der Waals surface area contributed by atoms with E-state index in [9.17, 15) is 0 Å². The summed E-state index contributed by atoms with van der Waals surface area (Å²) in [6, 6.07) is 47.4. The molecule has 0 fully saturated rings. The van der Waals surface area contributed by atoms with E-state index in [1.165, 1.54) is 44.2 Å². The molecule has 10 rings (SSSR count). The summed E-state index contributed by atoms with van der Waals surface area (Å²) in [6.07, 6.45) is 3.58. The predicted molar refractivity (Wildman–Crippen MR) is 191 cm³/mol. The summed E-state index contributed by atoms with van der Waals surface area (Å²) in [5.41, 5.74) is 12.0. The van der Waals surface area contributed by atoms with E-state index in [4.69, 9.17) is 9.41 Å². The van der Waals surface area contributed by atoms with E-state index in [2.05, 4.69) is 131 Å². The standard InChI is InChI=1S/C42H30N4O/c1-2-9-26(10-3-1)40-44-41(46-42(45-40)39-38-34-13-6-7-16-35(34)47-36(38)23-24-43-39)27-19-17-25(18-20-27)28-21-22-33-30-12-5-4-11-29(30)32-15-8-14-31(28)37(32)33/h1-24,39-41,43-44H,(H,45,46). The molecule has 7 aromatic rings. The molecule has 0 amide bonds. The molecule has 3 aliphatic rings. The molecule has 1 aliphatic carbocycles. The number of amidine groups is 1. The van der Waals surface area contributed by atoms with Crippen LogP contribution in [0.4, 0.5) is 0 Å². The van der Waals surface area contributed by atoms with Gasteiger partial charge in [-0.1, -0.05) is 127 Å². The van der Waals surface area contributed by atoms with Gasteiger partial charge in [-0.3, -0.25) is 5.32 Å². The molecule has 5 nitrogen and oxygen atoms in total. The highest BCUT2D eigenvalue weighted by Crippen LogP contribution is 2.49. The lowest BCUT2D eigenvalue weighted by atomic mass is 9.93. The van der Waals surface area contributed by atoms with E-state index in [1.54, 1.807) is 0 Å². The van der Waals surface area contributed by atoms with Crippen LogP contribution >= 0.6 is 0 Å². The molecule has 1 aromatic heterocycles. The van der Waals surface area contributed by atoms with Crippen LogP contribution in [0.5, 0.6) is 0 Å². The van der Waals surface area contributed by atoms with Crippen molar-refractivity contribution in [1.29, 1.82) is 0 Å². The van der Waals surface area contributed by atoms with Gasteiger partial charge in [-0.15, -0.1) is 0 Å². The van der Waals surface area contributed by atoms with Gasteiger partial charge in [0.05, 0.1) is 0 Å². The molecular weight excluding hydrogens is 576 g/mol. The zero-order chi connectivity index (χ0) is 30.9. The average Bonchev–Trinajstić information content (AvgIpc) is 3.69. The third-order valence-electron chi connectivity index (χ3n) is 9.83. The number of nitrogens with zero attached hydrogens (tertiary/aromatic N) is 1. The summed E-state index contributed by atoms with van der Waals surface area (Å²) in [6.45, 7) is 0. The molecule has 0 radical (unpaired) electrons. The van der Waals surface area contributed by atoms with Gasteiger partial charge in [0.2, 0.25) is 0 Å². The Labute approximate surface area is 272 Å². The highest BCUT2D eigenvalue weighted by molar-refractivity contribution is 6.18. The molecule has 5 heteroatoms. The van der Waals surface area contributed by atoms with Crippen LogP contribution in [0.25, 0.3) is 61.2 Å². The van der Waals surface area contributed by atoms with Crippen LogP contribution in [-0.4, -0.2) is 5.84 Å². The number of furan rings is 1. The van der Waals surface area contributed by atoms with Crippen molar-refractivity contribution in [2.24, 2.45) is 4.99 Å². The van der Waals surface area contributed by atoms with Crippen LogP contribution in [0, 0.1) is 0 Å². The Morgan fingerprint density at radius 1 is 0.574 bits per heavy atom. The fraction of sp³-hybridized carbons (Fsp3) is 0.0714. The third kappa shape index (κ3) is 4.10. The maximum absolute atomic E-state index is 6.23. The lowest BCUT2D eigenvalue weighted by Gasteiger charge is -2.35. The quantitative estimate of drug-likeness (QED) is 0.187. The molecule has 0 saturated carbocycles. The van der Waals surface area contributed by atoms with Crippen molar-refractivity contribution in [3.05, 3.63) is 162 Å². The summed E-state index contributed by atoms with van der Waals surface area (Å²) in [5, 5.41) is 14.8. The topological polar surface area (TPSA) is 61.6 Å². The first-order chi connectivity index (χ1) is 23.3. The Balaban J connectivity index is 1.02. The van der Waals surface area contributed by atoms with Crippen LogP contribution in [0.2, 0.25) is 0 Å². The number of para-hydroxylation sites is 1. The molecule has 6 aromatic carbocycles. The van der Waals surface area contributed by atoms with Crippen molar-refractivity contribution in [2.75, 3.05) is 0 Å². The monoisotopic (exact) mass is 606 g/mol. The number of aliphatic imine (C=N–C) groups is 1. The largest absolute Gasteiger partial charge is 0.456 e. The molecule has 2 aliphatic heterocycles. The van der Waals surface area contributed by atoms with Crippen LogP contribution in [0.1, 0.15) is 40.8 Å². The fourth-order valence-electron chi connectivity index (χ4n) is 7.64. The van der Waals surface area contributed by atoms with E-state index in [0.29, 0.717) is 0 Å². The van der Waals surface area contributed by atoms with Gasteiger partial charge in [-0.05, 0) is 67.4 Å². The fourth-order valence-corrected chi connectivity index (χ4v) is 7.64. The molecule has 3 atom stereocenters. The third-order valence-corrected chi connectivity index (χ3v) is 9.83. The van der Waals surface area contributed by atoms with Gasteiger partial charge in [-0.25, -0.2) is 4.99 Å². The first-order valence-electron chi connectivity index (χ1n) is 16.2. The summed E-state index contributed by atoms with van der Waals surface area (Å²) >= 11 is 0. The van der Waals surface area contributed by atoms with E-state index in [-0.39, 0.29) is 18.4 Å². The number of fused-ring (bicyclic) bond motifs is 6. The smallest absolute Gasteiger partial charge is 0.135 e. The zero-order valence-electron chi connectivity index (χ0n) is 25.4.